The monoisotopic (exact) mass is 529 g/mol. The quantitative estimate of drug-likeness (QED) is 0.202. The molecule has 42 heavy (non-hydrogen) atoms. The number of benzene rings is 4. The molecule has 0 spiro atoms. The zero-order valence-corrected chi connectivity index (χ0v) is 28.8. The van der Waals surface area contributed by atoms with E-state index >= 15 is 4.39 Å². The Kier molecular flexibility index (Phi) is 7.68. The summed E-state index contributed by atoms with van der Waals surface area (Å²) in [5.41, 5.74) is 24.9. The maximum Gasteiger partial charge on any atom is 0.142 e. The van der Waals surface area contributed by atoms with Crippen molar-refractivity contribution < 1.29 is 4.39 Å². The molecule has 5 aromatic rings. The van der Waals surface area contributed by atoms with E-state index < -0.39 is 0 Å². The molecule has 5 rings (SSSR count). The molecule has 0 atom stereocenters. The average molecular weight is 527 g/mol. The molecule has 0 radical (unpaired) electrons. The molecule has 1 nitrogen and oxygen atoms in total. The zero-order chi connectivity index (χ0) is 31.4. The first-order valence-electron chi connectivity index (χ1n) is 15.4. The summed E-state index contributed by atoms with van der Waals surface area (Å²) in [5.74, 6) is -0.0942. The van der Waals surface area contributed by atoms with Gasteiger partial charge in [-0.3, -0.25) is 0 Å². The molecule has 0 saturated carbocycles. The van der Waals surface area contributed by atoms with Crippen LogP contribution in [-0.4, -0.2) is 130 Å². The molecule has 18 heteroatoms. The molecule has 188 valence electrons. The van der Waals surface area contributed by atoms with Crippen LogP contribution in [0.25, 0.3) is 38.6 Å². The van der Waals surface area contributed by atoms with Crippen molar-refractivity contribution in [3.05, 3.63) is 5.82 Å². The van der Waals surface area contributed by atoms with Crippen LogP contribution in [0.15, 0.2) is 0 Å². The van der Waals surface area contributed by atoms with E-state index in [-0.39, 0.29) is 5.82 Å². The van der Waals surface area contributed by atoms with Crippen LogP contribution in [0.2, 0.25) is 0 Å². The molecular weight excluding hydrogens is 494 g/mol. The lowest BCUT2D eigenvalue weighted by atomic mass is 9.60. The molecule has 1 aromatic heterocycles. The van der Waals surface area contributed by atoms with E-state index in [1.54, 1.807) is 0 Å². The number of hydrogen-bond donors (Lipinski definition) is 0. The highest BCUT2D eigenvalue weighted by Crippen LogP contribution is 2.30. The first kappa shape index (κ1) is 31.1. The normalized spacial score (nSPS) is 11.5. The summed E-state index contributed by atoms with van der Waals surface area (Å²) in [6.45, 7) is 0. The molecule has 0 unspecified atom stereocenters. The van der Waals surface area contributed by atoms with Gasteiger partial charge in [-0.05, 0) is 10.8 Å². The van der Waals surface area contributed by atoms with Gasteiger partial charge in [0.05, 0.1) is 0 Å². The average Bonchev–Trinajstić information content (AvgIpc) is 3.32. The van der Waals surface area contributed by atoms with Gasteiger partial charge >= 0.3 is 0 Å². The van der Waals surface area contributed by atoms with E-state index in [9.17, 15) is 0 Å². The summed E-state index contributed by atoms with van der Waals surface area (Å²) in [4.78, 5) is 0. The van der Waals surface area contributed by atoms with E-state index in [1.807, 2.05) is 15.7 Å². The van der Waals surface area contributed by atoms with Crippen molar-refractivity contribution in [2.75, 3.05) is 0 Å². The second kappa shape index (κ2) is 10.4. The van der Waals surface area contributed by atoms with Crippen LogP contribution in [-0.2, 0) is 0 Å². The molecule has 0 saturated heterocycles. The van der Waals surface area contributed by atoms with Gasteiger partial charge in [-0.15, -0.1) is 21.9 Å². The molecule has 4 aromatic carbocycles. The second-order valence-electron chi connectivity index (χ2n) is 13.2. The van der Waals surface area contributed by atoms with Crippen molar-refractivity contribution in [1.29, 1.82) is 0 Å². The van der Waals surface area contributed by atoms with Crippen molar-refractivity contribution in [3.63, 3.8) is 0 Å². The largest absolute Gasteiger partial charge is 0.310 e. The van der Waals surface area contributed by atoms with Crippen molar-refractivity contribution in [2.45, 2.75) is 0 Å². The standard InChI is InChI=1S/C24H32B16FN/c25-5-1(21(41)17(37)13(33)9(5)29)2-6(26)10(30)14(34)18(38)22(2)42-23-3(7(27)11(31)15(35)19(23)39)4-8(28)12(32)16(36)20(40)24(4)42/h25-40H2. The van der Waals surface area contributed by atoms with E-state index in [4.69, 9.17) is 0 Å². The minimum absolute atomic E-state index is 0.0942. The third kappa shape index (κ3) is 3.92. The summed E-state index contributed by atoms with van der Waals surface area (Å²) in [5, 5.41) is 2.67. The fourth-order valence-corrected chi connectivity index (χ4v) is 7.53. The molecule has 0 bridgehead atoms. The lowest BCUT2D eigenvalue weighted by molar-refractivity contribution is 0.641. The molecule has 0 aliphatic heterocycles. The molecule has 0 aliphatic carbocycles. The van der Waals surface area contributed by atoms with Crippen LogP contribution in [0.3, 0.4) is 0 Å². The molecule has 0 fully saturated rings. The second-order valence-corrected chi connectivity index (χ2v) is 13.2. The summed E-state index contributed by atoms with van der Waals surface area (Å²) in [6.07, 6.45) is 0. The fraction of sp³-hybridized carbons (Fsp3) is 0. The van der Waals surface area contributed by atoms with Crippen LogP contribution in [0, 0.1) is 5.82 Å². The van der Waals surface area contributed by atoms with Gasteiger partial charge in [0.2, 0.25) is 0 Å². The van der Waals surface area contributed by atoms with Crippen molar-refractivity contribution in [1.82, 2.24) is 4.57 Å². The van der Waals surface area contributed by atoms with Gasteiger partial charge < -0.3 is 4.57 Å². The Hall–Kier alpha value is -2.35. The van der Waals surface area contributed by atoms with Crippen LogP contribution in [0.1, 0.15) is 0 Å². The molecular formula is C24H32B16FN. The van der Waals surface area contributed by atoms with Crippen LogP contribution in [0.5, 0.6) is 0 Å². The Morgan fingerprint density at radius 1 is 0.310 bits per heavy atom. The van der Waals surface area contributed by atoms with E-state index in [0.29, 0.717) is 0 Å². The van der Waals surface area contributed by atoms with Crippen molar-refractivity contribution in [3.8, 4) is 16.8 Å². The summed E-state index contributed by atoms with van der Waals surface area (Å²) < 4.78 is 19.2. The lowest BCUT2D eigenvalue weighted by Crippen LogP contribution is -2.53. The third-order valence-electron chi connectivity index (χ3n) is 11.7. The molecule has 1 heterocycles. The number of nitrogens with zero attached hydrogens (tertiary/aromatic N) is 1. The van der Waals surface area contributed by atoms with Gasteiger partial charge in [-0.1, -0.05) is 65.6 Å². The highest BCUT2D eigenvalue weighted by molar-refractivity contribution is 6.72. The van der Waals surface area contributed by atoms with Crippen molar-refractivity contribution >= 4 is 235 Å². The zero-order valence-electron chi connectivity index (χ0n) is 28.8. The van der Waals surface area contributed by atoms with Gasteiger partial charge in [0.15, 0.2) is 0 Å². The predicted molar refractivity (Wildman–Crippen MR) is 237 cm³/mol. The summed E-state index contributed by atoms with van der Waals surface area (Å²) in [6, 6.07) is 0. The number of hydrogen-bond acceptors (Lipinski definition) is 0. The van der Waals surface area contributed by atoms with Gasteiger partial charge in [-0.25, -0.2) is 4.39 Å². The highest BCUT2D eigenvalue weighted by atomic mass is 19.1. The number of fused-ring (bicyclic) bond motifs is 3. The minimum atomic E-state index is -0.0942. The predicted octanol–water partition coefficient (Wildman–Crippen LogP) is -21.3. The summed E-state index contributed by atoms with van der Waals surface area (Å²) >= 11 is 0. The Bertz CT molecular complexity index is 1960. The molecule has 0 amide bonds. The lowest BCUT2D eigenvalue weighted by Gasteiger charge is -2.28. The van der Waals surface area contributed by atoms with E-state index in [1.165, 1.54) is 87.4 Å². The van der Waals surface area contributed by atoms with E-state index in [2.05, 4.69) is 114 Å². The number of rotatable bonds is 2. The Morgan fingerprint density at radius 2 is 0.619 bits per heavy atom. The SMILES string of the molecule is Bc1c(B)c(B)c(-c2c(B)c(B)c(B)c(B)c2-n2c3c(B)c(B)c(B)c(B)c3c3c(B)c(B)c(B)c(B)c32)c(F)c1B. The first-order valence-corrected chi connectivity index (χ1v) is 15.4. The topological polar surface area (TPSA) is 4.93 Å². The fourth-order valence-electron chi connectivity index (χ4n) is 7.53. The number of halogens is 1. The van der Waals surface area contributed by atoms with E-state index in [0.717, 1.165) is 38.7 Å². The number of aromatic nitrogens is 1. The first-order chi connectivity index (χ1) is 19.5. The van der Waals surface area contributed by atoms with Gasteiger partial charge in [0, 0.05) is 27.8 Å². The molecule has 0 aliphatic rings. The Morgan fingerprint density at radius 3 is 1.05 bits per heavy atom. The van der Waals surface area contributed by atoms with Gasteiger partial charge in [0.25, 0.3) is 0 Å². The molecule has 0 N–H and O–H groups in total. The van der Waals surface area contributed by atoms with Crippen LogP contribution in [0.4, 0.5) is 4.39 Å². The van der Waals surface area contributed by atoms with Gasteiger partial charge in [-0.2, -0.15) is 0 Å². The minimum Gasteiger partial charge on any atom is -0.310 e. The Labute approximate surface area is 265 Å². The Balaban J connectivity index is 2.24. The maximum atomic E-state index is 16.7. The van der Waals surface area contributed by atoms with Gasteiger partial charge in [0.1, 0.15) is 131 Å². The van der Waals surface area contributed by atoms with Crippen LogP contribution >= 0.6 is 0 Å². The summed E-state index contributed by atoms with van der Waals surface area (Å²) in [7, 11) is 35.2. The van der Waals surface area contributed by atoms with Crippen molar-refractivity contribution in [2.24, 2.45) is 0 Å². The maximum absolute atomic E-state index is 16.7. The third-order valence-corrected chi connectivity index (χ3v) is 11.7. The smallest absolute Gasteiger partial charge is 0.142 e. The van der Waals surface area contributed by atoms with Crippen LogP contribution < -0.4 is 87.4 Å². The highest BCUT2D eigenvalue weighted by Gasteiger charge is 2.29.